The van der Waals surface area contributed by atoms with Crippen molar-refractivity contribution in [1.82, 2.24) is 19.5 Å². The van der Waals surface area contributed by atoms with E-state index in [0.29, 0.717) is 11.6 Å². The van der Waals surface area contributed by atoms with Gasteiger partial charge in [-0.2, -0.15) is 0 Å². The summed E-state index contributed by atoms with van der Waals surface area (Å²) in [4.78, 5) is 15.4. The Hall–Kier alpha value is -6.33. The maximum Gasteiger partial charge on any atom is 0.164 e. The fraction of sp³-hybridized carbons (Fsp3) is 0.146. The van der Waals surface area contributed by atoms with Gasteiger partial charge in [0, 0.05) is 43.6 Å². The molecule has 0 saturated carbocycles. The monoisotopic (exact) mass is 684 g/mol. The van der Waals surface area contributed by atoms with Crippen LogP contribution in [0, 0.1) is 0 Å². The van der Waals surface area contributed by atoms with E-state index in [1.165, 1.54) is 44.1 Å². The van der Waals surface area contributed by atoms with Crippen LogP contribution in [0.2, 0.25) is 0 Å². The predicted molar refractivity (Wildman–Crippen MR) is 216 cm³/mol. The zero-order chi connectivity index (χ0) is 35.3. The topological polar surface area (TPSA) is 56.7 Å². The van der Waals surface area contributed by atoms with Gasteiger partial charge in [0.2, 0.25) is 0 Å². The van der Waals surface area contributed by atoms with Crippen LogP contribution in [0.25, 0.3) is 83.2 Å². The highest BCUT2D eigenvalue weighted by molar-refractivity contribution is 6.11. The van der Waals surface area contributed by atoms with Crippen LogP contribution >= 0.6 is 0 Å². The number of hydrogen-bond donors (Lipinski definition) is 0. The number of fused-ring (bicyclic) bond motifs is 9. The molecule has 3 heterocycles. The molecule has 0 fully saturated rings. The first-order valence-corrected chi connectivity index (χ1v) is 18.6. The van der Waals surface area contributed by atoms with Gasteiger partial charge in [0.1, 0.15) is 11.2 Å². The minimum absolute atomic E-state index is 0.0739. The van der Waals surface area contributed by atoms with E-state index in [4.69, 9.17) is 19.4 Å². The summed E-state index contributed by atoms with van der Waals surface area (Å²) in [5.74, 6) is 2.06. The van der Waals surface area contributed by atoms with Crippen LogP contribution in [-0.2, 0) is 5.41 Å². The van der Waals surface area contributed by atoms with Gasteiger partial charge in [0.15, 0.2) is 17.5 Å². The fourth-order valence-electron chi connectivity index (χ4n) is 9.07. The maximum atomic E-state index is 6.28. The summed E-state index contributed by atoms with van der Waals surface area (Å²) in [7, 11) is 0. The standard InChI is InChI=1S/C48H36N4O/c1-48(2)39-20-9-6-17-33(39)37-27-38-34-18-7-10-21-41(34)52(42(38)28-40(37)48)32-16-12-15-30(25-32)46-49-45(29-13-4-3-5-14-29)50-47(51-46)31-23-24-36-35-19-8-11-22-43(35)53-44(36)26-31/h3-11,13-14,17-28,32H,12,15-16H2,1-2H3. The van der Waals surface area contributed by atoms with E-state index < -0.39 is 0 Å². The highest BCUT2D eigenvalue weighted by Crippen LogP contribution is 2.51. The Labute approximate surface area is 307 Å². The highest BCUT2D eigenvalue weighted by Gasteiger charge is 2.36. The number of rotatable bonds is 4. The molecule has 254 valence electrons. The maximum absolute atomic E-state index is 6.28. The molecular weight excluding hydrogens is 649 g/mol. The van der Waals surface area contributed by atoms with E-state index in [2.05, 4.69) is 122 Å². The van der Waals surface area contributed by atoms with Gasteiger partial charge in [-0.3, -0.25) is 0 Å². The van der Waals surface area contributed by atoms with E-state index in [1.807, 2.05) is 36.4 Å². The van der Waals surface area contributed by atoms with Gasteiger partial charge in [-0.1, -0.05) is 117 Å². The first kappa shape index (κ1) is 30.3. The summed E-state index contributed by atoms with van der Waals surface area (Å²) in [6.45, 7) is 4.73. The van der Waals surface area contributed by atoms with Crippen molar-refractivity contribution in [1.29, 1.82) is 0 Å². The van der Waals surface area contributed by atoms with Crippen LogP contribution in [0.15, 0.2) is 144 Å². The Balaban J connectivity index is 1.08. The van der Waals surface area contributed by atoms with Gasteiger partial charge < -0.3 is 8.98 Å². The zero-order valence-electron chi connectivity index (χ0n) is 29.7. The molecule has 0 amide bonds. The summed E-state index contributed by atoms with van der Waals surface area (Å²) >= 11 is 0. The Morgan fingerprint density at radius 1 is 0.566 bits per heavy atom. The zero-order valence-corrected chi connectivity index (χ0v) is 29.7. The van der Waals surface area contributed by atoms with E-state index in [0.717, 1.165) is 63.7 Å². The summed E-state index contributed by atoms with van der Waals surface area (Å²) in [6, 6.07) is 47.6. The summed E-state index contributed by atoms with van der Waals surface area (Å²) < 4.78 is 8.86. The van der Waals surface area contributed by atoms with Gasteiger partial charge in [0.05, 0.1) is 11.6 Å². The Morgan fingerprint density at radius 2 is 1.28 bits per heavy atom. The van der Waals surface area contributed by atoms with Gasteiger partial charge in [-0.05, 0) is 83.5 Å². The Bertz CT molecular complexity index is 2970. The third-order valence-corrected chi connectivity index (χ3v) is 11.7. The van der Waals surface area contributed by atoms with Crippen molar-refractivity contribution < 1.29 is 4.42 Å². The van der Waals surface area contributed by atoms with Gasteiger partial charge >= 0.3 is 0 Å². The summed E-state index contributed by atoms with van der Waals surface area (Å²) in [5, 5.41) is 4.80. The van der Waals surface area contributed by atoms with E-state index >= 15 is 0 Å². The van der Waals surface area contributed by atoms with Crippen molar-refractivity contribution in [2.75, 3.05) is 0 Å². The number of para-hydroxylation sites is 2. The van der Waals surface area contributed by atoms with Crippen molar-refractivity contribution >= 4 is 49.3 Å². The number of aromatic nitrogens is 4. The van der Waals surface area contributed by atoms with Crippen LogP contribution in [-0.4, -0.2) is 19.5 Å². The molecule has 0 N–H and O–H groups in total. The van der Waals surface area contributed by atoms with Crippen LogP contribution < -0.4 is 0 Å². The molecule has 6 aromatic carbocycles. The Morgan fingerprint density at radius 3 is 2.17 bits per heavy atom. The van der Waals surface area contributed by atoms with E-state index in [1.54, 1.807) is 0 Å². The van der Waals surface area contributed by atoms with Crippen LogP contribution in [0.3, 0.4) is 0 Å². The molecule has 5 nitrogen and oxygen atoms in total. The largest absolute Gasteiger partial charge is 0.456 e. The SMILES string of the molecule is CC1(C)c2ccccc2-c2cc3c4ccccc4n(C4C=C(c5nc(-c6ccccc6)nc(-c6ccc7c(c6)oc6ccccc67)n5)CCC4)c3cc21. The molecule has 0 radical (unpaired) electrons. The third-order valence-electron chi connectivity index (χ3n) is 11.7. The molecule has 0 bridgehead atoms. The molecule has 0 aliphatic heterocycles. The molecule has 9 aromatic rings. The van der Waals surface area contributed by atoms with Crippen LogP contribution in [0.4, 0.5) is 0 Å². The van der Waals surface area contributed by atoms with Gasteiger partial charge in [0.25, 0.3) is 0 Å². The van der Waals surface area contributed by atoms with Crippen molar-refractivity contribution in [3.05, 3.63) is 156 Å². The average Bonchev–Trinajstić information content (AvgIpc) is 3.82. The van der Waals surface area contributed by atoms with Crippen molar-refractivity contribution in [3.8, 4) is 33.9 Å². The second-order valence-corrected chi connectivity index (χ2v) is 15.1. The number of benzene rings is 6. The molecule has 2 aliphatic rings. The second-order valence-electron chi connectivity index (χ2n) is 15.1. The number of allylic oxidation sites excluding steroid dienone is 2. The minimum atomic E-state index is -0.0739. The first-order chi connectivity index (χ1) is 26.0. The second kappa shape index (κ2) is 11.3. The average molecular weight is 685 g/mol. The number of hydrogen-bond acceptors (Lipinski definition) is 4. The molecular formula is C48H36N4O. The van der Waals surface area contributed by atoms with Gasteiger partial charge in [-0.25, -0.2) is 15.0 Å². The highest BCUT2D eigenvalue weighted by atomic mass is 16.3. The van der Waals surface area contributed by atoms with Crippen molar-refractivity contribution in [2.24, 2.45) is 0 Å². The molecule has 53 heavy (non-hydrogen) atoms. The quantitative estimate of drug-likeness (QED) is 0.185. The molecule has 0 spiro atoms. The molecule has 3 aromatic heterocycles. The molecule has 1 unspecified atom stereocenters. The van der Waals surface area contributed by atoms with Crippen molar-refractivity contribution in [3.63, 3.8) is 0 Å². The molecule has 5 heteroatoms. The molecule has 11 rings (SSSR count). The summed E-state index contributed by atoms with van der Waals surface area (Å²) in [5.41, 5.74) is 12.7. The van der Waals surface area contributed by atoms with Crippen LogP contribution in [0.1, 0.15) is 56.1 Å². The first-order valence-electron chi connectivity index (χ1n) is 18.6. The third kappa shape index (κ3) is 4.60. The number of furan rings is 1. The smallest absolute Gasteiger partial charge is 0.164 e. The predicted octanol–water partition coefficient (Wildman–Crippen LogP) is 12.3. The molecule has 1 atom stereocenters. The normalized spacial score (nSPS) is 16.3. The Kier molecular flexibility index (Phi) is 6.48. The van der Waals surface area contributed by atoms with Crippen molar-refractivity contribution in [2.45, 2.75) is 44.6 Å². The lowest BCUT2D eigenvalue weighted by molar-refractivity contribution is 0.547. The number of nitrogens with zero attached hydrogens (tertiary/aromatic N) is 4. The van der Waals surface area contributed by atoms with E-state index in [-0.39, 0.29) is 11.5 Å². The lowest BCUT2D eigenvalue weighted by atomic mass is 9.82. The lowest BCUT2D eigenvalue weighted by Crippen LogP contribution is -2.16. The van der Waals surface area contributed by atoms with Crippen LogP contribution in [0.5, 0.6) is 0 Å². The van der Waals surface area contributed by atoms with Gasteiger partial charge in [-0.15, -0.1) is 0 Å². The molecule has 2 aliphatic carbocycles. The summed E-state index contributed by atoms with van der Waals surface area (Å²) in [6.07, 6.45) is 5.42. The molecule has 0 saturated heterocycles. The lowest BCUT2D eigenvalue weighted by Gasteiger charge is -2.25. The minimum Gasteiger partial charge on any atom is -0.456 e. The fourth-order valence-corrected chi connectivity index (χ4v) is 9.07. The van der Waals surface area contributed by atoms with E-state index in [9.17, 15) is 0 Å².